The Kier molecular flexibility index (Phi) is 6.59. The van der Waals surface area contributed by atoms with E-state index in [0.29, 0.717) is 25.1 Å². The number of hydrogen-bond acceptors (Lipinski definition) is 7. The lowest BCUT2D eigenvalue weighted by molar-refractivity contribution is -0.127. The zero-order valence-electron chi connectivity index (χ0n) is 16.9. The molecule has 1 aromatic heterocycles. The van der Waals surface area contributed by atoms with Crippen LogP contribution in [-0.4, -0.2) is 78.3 Å². The molecule has 156 valence electrons. The molecule has 0 bridgehead atoms. The summed E-state index contributed by atoms with van der Waals surface area (Å²) in [5, 5.41) is 7.15. The first-order chi connectivity index (χ1) is 13.7. The molecule has 2 saturated heterocycles. The lowest BCUT2D eigenvalue weighted by Crippen LogP contribution is -2.50. The Labute approximate surface area is 167 Å². The number of piperidine rings is 2. The van der Waals surface area contributed by atoms with E-state index in [0.717, 1.165) is 70.1 Å². The van der Waals surface area contributed by atoms with Gasteiger partial charge in [-0.2, -0.15) is 4.98 Å². The van der Waals surface area contributed by atoms with Gasteiger partial charge in [-0.25, -0.2) is 0 Å². The molecule has 28 heavy (non-hydrogen) atoms. The first-order valence-electron chi connectivity index (χ1n) is 10.8. The molecular formula is C20H33N5O3. The summed E-state index contributed by atoms with van der Waals surface area (Å²) < 4.78 is 10.4. The fourth-order valence-electron chi connectivity index (χ4n) is 4.44. The highest BCUT2D eigenvalue weighted by Crippen LogP contribution is 2.38. The maximum atomic E-state index is 12.4. The minimum absolute atomic E-state index is 0.115. The number of rotatable bonds is 8. The van der Waals surface area contributed by atoms with Crippen molar-refractivity contribution in [2.75, 3.05) is 46.4 Å². The number of hydrogen-bond donors (Lipinski definition) is 1. The fraction of sp³-hybridized carbons (Fsp3) is 0.850. The third kappa shape index (κ3) is 5.10. The topological polar surface area (TPSA) is 83.7 Å². The zero-order chi connectivity index (χ0) is 19.3. The number of carbonyl (C=O) groups is 1. The average molecular weight is 392 g/mol. The molecule has 1 amide bonds. The van der Waals surface area contributed by atoms with Crippen molar-refractivity contribution < 1.29 is 14.1 Å². The normalized spacial score (nSPS) is 25.1. The van der Waals surface area contributed by atoms with E-state index in [2.05, 4.69) is 25.3 Å². The average Bonchev–Trinajstić information content (AvgIpc) is 3.48. The van der Waals surface area contributed by atoms with Crippen molar-refractivity contribution >= 4 is 5.91 Å². The highest BCUT2D eigenvalue weighted by molar-refractivity contribution is 5.78. The third-order valence-corrected chi connectivity index (χ3v) is 6.28. The maximum Gasteiger partial charge on any atom is 0.229 e. The number of likely N-dealkylation sites (tertiary alicyclic amines) is 2. The number of carbonyl (C=O) groups excluding carboxylic acids is 1. The van der Waals surface area contributed by atoms with Crippen LogP contribution in [0.3, 0.4) is 0 Å². The quantitative estimate of drug-likeness (QED) is 0.670. The van der Waals surface area contributed by atoms with Crippen molar-refractivity contribution in [3.8, 4) is 0 Å². The minimum Gasteiger partial charge on any atom is -0.383 e. The SMILES string of the molecule is COCCNC(=O)[C@H]1CCCN(C2CCN(Cc3noc(C4CC4)n3)CC2)C1. The Hall–Kier alpha value is -1.51. The van der Waals surface area contributed by atoms with Gasteiger partial charge < -0.3 is 14.6 Å². The van der Waals surface area contributed by atoms with Gasteiger partial charge in [-0.15, -0.1) is 0 Å². The Morgan fingerprint density at radius 2 is 2.04 bits per heavy atom. The first kappa shape index (κ1) is 19.8. The van der Waals surface area contributed by atoms with Gasteiger partial charge in [0.05, 0.1) is 19.1 Å². The predicted octanol–water partition coefficient (Wildman–Crippen LogP) is 1.39. The van der Waals surface area contributed by atoms with E-state index in [-0.39, 0.29) is 11.8 Å². The van der Waals surface area contributed by atoms with Gasteiger partial charge in [0.1, 0.15) is 0 Å². The molecule has 3 aliphatic rings. The monoisotopic (exact) mass is 391 g/mol. The Morgan fingerprint density at radius 1 is 1.21 bits per heavy atom. The smallest absolute Gasteiger partial charge is 0.229 e. The van der Waals surface area contributed by atoms with Crippen LogP contribution in [0, 0.1) is 5.92 Å². The number of methoxy groups -OCH3 is 1. The molecule has 3 fully saturated rings. The summed E-state index contributed by atoms with van der Waals surface area (Å²) in [7, 11) is 1.66. The first-order valence-corrected chi connectivity index (χ1v) is 10.8. The Bertz CT molecular complexity index is 640. The molecule has 4 rings (SSSR count). The van der Waals surface area contributed by atoms with Crippen LogP contribution >= 0.6 is 0 Å². The van der Waals surface area contributed by atoms with Gasteiger partial charge in [-0.05, 0) is 45.1 Å². The molecule has 8 nitrogen and oxygen atoms in total. The summed E-state index contributed by atoms with van der Waals surface area (Å²) in [5.74, 6) is 2.47. The van der Waals surface area contributed by atoms with E-state index < -0.39 is 0 Å². The highest BCUT2D eigenvalue weighted by Gasteiger charge is 2.32. The van der Waals surface area contributed by atoms with Gasteiger partial charge in [0.15, 0.2) is 5.82 Å². The van der Waals surface area contributed by atoms with E-state index in [1.54, 1.807) is 7.11 Å². The Balaban J connectivity index is 1.21. The van der Waals surface area contributed by atoms with Crippen molar-refractivity contribution in [3.05, 3.63) is 11.7 Å². The number of aromatic nitrogens is 2. The van der Waals surface area contributed by atoms with Gasteiger partial charge >= 0.3 is 0 Å². The molecule has 1 aromatic rings. The number of amides is 1. The highest BCUT2D eigenvalue weighted by atomic mass is 16.5. The molecular weight excluding hydrogens is 358 g/mol. The van der Waals surface area contributed by atoms with Gasteiger partial charge in [-0.1, -0.05) is 5.16 Å². The van der Waals surface area contributed by atoms with Gasteiger partial charge in [0.25, 0.3) is 0 Å². The second kappa shape index (κ2) is 9.33. The van der Waals surface area contributed by atoms with E-state index in [1.165, 1.54) is 12.8 Å². The second-order valence-electron chi connectivity index (χ2n) is 8.45. The molecule has 1 atom stereocenters. The van der Waals surface area contributed by atoms with Crippen molar-refractivity contribution in [2.24, 2.45) is 5.92 Å². The molecule has 1 saturated carbocycles. The predicted molar refractivity (Wildman–Crippen MR) is 104 cm³/mol. The van der Waals surface area contributed by atoms with Crippen molar-refractivity contribution in [3.63, 3.8) is 0 Å². The number of nitrogens with zero attached hydrogens (tertiary/aromatic N) is 4. The van der Waals surface area contributed by atoms with Crippen molar-refractivity contribution in [1.82, 2.24) is 25.3 Å². The minimum atomic E-state index is 0.115. The lowest BCUT2D eigenvalue weighted by atomic mass is 9.93. The van der Waals surface area contributed by atoms with E-state index in [9.17, 15) is 4.79 Å². The zero-order valence-corrected chi connectivity index (χ0v) is 16.9. The summed E-state index contributed by atoms with van der Waals surface area (Å²) in [6.45, 7) is 6.07. The van der Waals surface area contributed by atoms with Crippen LogP contribution in [0.4, 0.5) is 0 Å². The van der Waals surface area contributed by atoms with Crippen molar-refractivity contribution in [2.45, 2.75) is 57.0 Å². The standard InChI is InChI=1S/C20H33N5O3/c1-27-12-8-21-19(26)16-3-2-9-25(13-16)17-6-10-24(11-7-17)14-18-22-20(28-23-18)15-4-5-15/h15-17H,2-14H2,1H3,(H,21,26)/t16-/m0/s1. The van der Waals surface area contributed by atoms with Crippen LogP contribution < -0.4 is 5.32 Å². The van der Waals surface area contributed by atoms with Crippen LogP contribution in [0.15, 0.2) is 4.52 Å². The Morgan fingerprint density at radius 3 is 2.79 bits per heavy atom. The van der Waals surface area contributed by atoms with E-state index >= 15 is 0 Å². The third-order valence-electron chi connectivity index (χ3n) is 6.28. The lowest BCUT2D eigenvalue weighted by Gasteiger charge is -2.41. The fourth-order valence-corrected chi connectivity index (χ4v) is 4.44. The van der Waals surface area contributed by atoms with Gasteiger partial charge in [0.2, 0.25) is 11.8 Å². The molecule has 2 aliphatic heterocycles. The molecule has 1 aliphatic carbocycles. The van der Waals surface area contributed by atoms with E-state index in [1.807, 2.05) is 0 Å². The van der Waals surface area contributed by atoms with Crippen LogP contribution in [0.25, 0.3) is 0 Å². The largest absolute Gasteiger partial charge is 0.383 e. The summed E-state index contributed by atoms with van der Waals surface area (Å²) in [5.41, 5.74) is 0. The molecule has 8 heteroatoms. The number of ether oxygens (including phenoxy) is 1. The molecule has 0 radical (unpaired) electrons. The molecule has 3 heterocycles. The van der Waals surface area contributed by atoms with Gasteiger partial charge in [-0.3, -0.25) is 14.6 Å². The molecule has 0 spiro atoms. The number of nitrogens with one attached hydrogen (secondary N) is 1. The van der Waals surface area contributed by atoms with Crippen LogP contribution in [-0.2, 0) is 16.1 Å². The van der Waals surface area contributed by atoms with Crippen LogP contribution in [0.5, 0.6) is 0 Å². The summed E-state index contributed by atoms with van der Waals surface area (Å²) in [6, 6.07) is 0.582. The van der Waals surface area contributed by atoms with Crippen LogP contribution in [0.2, 0.25) is 0 Å². The molecule has 0 unspecified atom stereocenters. The summed E-state index contributed by atoms with van der Waals surface area (Å²) in [6.07, 6.45) is 6.77. The summed E-state index contributed by atoms with van der Waals surface area (Å²) in [4.78, 5) is 21.9. The molecule has 1 N–H and O–H groups in total. The van der Waals surface area contributed by atoms with Crippen LogP contribution in [0.1, 0.15) is 56.2 Å². The summed E-state index contributed by atoms with van der Waals surface area (Å²) >= 11 is 0. The van der Waals surface area contributed by atoms with E-state index in [4.69, 9.17) is 9.26 Å². The van der Waals surface area contributed by atoms with Gasteiger partial charge in [0, 0.05) is 45.2 Å². The maximum absolute atomic E-state index is 12.4. The van der Waals surface area contributed by atoms with Crippen molar-refractivity contribution in [1.29, 1.82) is 0 Å². The second-order valence-corrected chi connectivity index (χ2v) is 8.45. The molecule has 0 aromatic carbocycles.